The van der Waals surface area contributed by atoms with Crippen LogP contribution in [-0.2, 0) is 0 Å². The van der Waals surface area contributed by atoms with Crippen LogP contribution in [0.15, 0.2) is 47.2 Å². The molecule has 2 nitrogen and oxygen atoms in total. The summed E-state index contributed by atoms with van der Waals surface area (Å²) in [7, 11) is 0. The van der Waals surface area contributed by atoms with Gasteiger partial charge in [-0.25, -0.2) is 0 Å². The standard InChI is InChI=1S/C13H12BrClN2/c1-9(10-5-7-16-8-6-10)17-12-4-2-3-11(15)13(12)14/h2-9,17H,1H3. The average molecular weight is 312 g/mol. The van der Waals surface area contributed by atoms with Crippen LogP contribution in [0.25, 0.3) is 0 Å². The number of aromatic nitrogens is 1. The number of halogens is 2. The summed E-state index contributed by atoms with van der Waals surface area (Å²) in [6, 6.07) is 9.97. The monoisotopic (exact) mass is 310 g/mol. The number of nitrogens with one attached hydrogen (secondary N) is 1. The van der Waals surface area contributed by atoms with Crippen molar-refractivity contribution in [1.82, 2.24) is 4.98 Å². The number of nitrogens with zero attached hydrogens (tertiary/aromatic N) is 1. The zero-order valence-corrected chi connectivity index (χ0v) is 11.7. The van der Waals surface area contributed by atoms with Gasteiger partial charge in [-0.05, 0) is 52.7 Å². The van der Waals surface area contributed by atoms with E-state index in [1.54, 1.807) is 12.4 Å². The molecule has 2 rings (SSSR count). The molecule has 0 saturated carbocycles. The van der Waals surface area contributed by atoms with Crippen LogP contribution >= 0.6 is 27.5 Å². The molecule has 0 bridgehead atoms. The highest BCUT2D eigenvalue weighted by molar-refractivity contribution is 9.10. The summed E-state index contributed by atoms with van der Waals surface area (Å²) in [5.41, 5.74) is 2.17. The molecule has 1 heterocycles. The maximum absolute atomic E-state index is 6.05. The van der Waals surface area contributed by atoms with E-state index in [1.165, 1.54) is 5.56 Å². The molecule has 4 heteroatoms. The fraction of sp³-hybridized carbons (Fsp3) is 0.154. The van der Waals surface area contributed by atoms with Gasteiger partial charge in [0, 0.05) is 18.4 Å². The highest BCUT2D eigenvalue weighted by Crippen LogP contribution is 2.32. The summed E-state index contributed by atoms with van der Waals surface area (Å²) < 4.78 is 0.891. The molecule has 88 valence electrons. The molecular formula is C13H12BrClN2. The summed E-state index contributed by atoms with van der Waals surface area (Å²) in [4.78, 5) is 4.01. The lowest BCUT2D eigenvalue weighted by Crippen LogP contribution is -2.07. The molecule has 0 aliphatic rings. The third kappa shape index (κ3) is 2.99. The second-order valence-electron chi connectivity index (χ2n) is 3.75. The quantitative estimate of drug-likeness (QED) is 0.891. The maximum atomic E-state index is 6.05. The summed E-state index contributed by atoms with van der Waals surface area (Å²) in [5, 5.41) is 4.11. The molecule has 0 radical (unpaired) electrons. The van der Waals surface area contributed by atoms with Gasteiger partial charge in [0.05, 0.1) is 15.2 Å². The number of pyridine rings is 1. The Morgan fingerprint density at radius 1 is 1.24 bits per heavy atom. The Kier molecular flexibility index (Phi) is 4.02. The van der Waals surface area contributed by atoms with Crippen molar-refractivity contribution in [2.24, 2.45) is 0 Å². The number of hydrogen-bond donors (Lipinski definition) is 1. The van der Waals surface area contributed by atoms with Crippen LogP contribution in [0.5, 0.6) is 0 Å². The first-order valence-electron chi connectivity index (χ1n) is 5.29. The van der Waals surface area contributed by atoms with Crippen LogP contribution in [0.2, 0.25) is 5.02 Å². The van der Waals surface area contributed by atoms with E-state index in [9.17, 15) is 0 Å². The maximum Gasteiger partial charge on any atom is 0.0593 e. The minimum atomic E-state index is 0.202. The Labute approximate surface area is 114 Å². The summed E-state index contributed by atoms with van der Waals surface area (Å²) in [6.45, 7) is 2.10. The third-order valence-corrected chi connectivity index (χ3v) is 3.93. The molecule has 1 N–H and O–H groups in total. The van der Waals surface area contributed by atoms with Gasteiger partial charge in [0.1, 0.15) is 0 Å². The van der Waals surface area contributed by atoms with Crippen LogP contribution in [0.4, 0.5) is 5.69 Å². The normalized spacial score (nSPS) is 12.2. The lowest BCUT2D eigenvalue weighted by Gasteiger charge is -2.17. The van der Waals surface area contributed by atoms with Gasteiger partial charge in [-0.15, -0.1) is 0 Å². The van der Waals surface area contributed by atoms with Gasteiger partial charge in [-0.3, -0.25) is 4.98 Å². The van der Waals surface area contributed by atoms with Gasteiger partial charge < -0.3 is 5.32 Å². The number of anilines is 1. The fourth-order valence-corrected chi connectivity index (χ4v) is 2.14. The van der Waals surface area contributed by atoms with Gasteiger partial charge in [0.15, 0.2) is 0 Å². The highest BCUT2D eigenvalue weighted by Gasteiger charge is 2.08. The molecule has 0 amide bonds. The van der Waals surface area contributed by atoms with Gasteiger partial charge in [-0.2, -0.15) is 0 Å². The second kappa shape index (κ2) is 5.52. The third-order valence-electron chi connectivity index (χ3n) is 2.53. The van der Waals surface area contributed by atoms with E-state index in [2.05, 4.69) is 33.2 Å². The molecule has 2 aromatic rings. The first kappa shape index (κ1) is 12.4. The first-order valence-corrected chi connectivity index (χ1v) is 6.46. The van der Waals surface area contributed by atoms with Crippen molar-refractivity contribution < 1.29 is 0 Å². The van der Waals surface area contributed by atoms with E-state index in [-0.39, 0.29) is 6.04 Å². The Morgan fingerprint density at radius 3 is 2.65 bits per heavy atom. The number of benzene rings is 1. The number of rotatable bonds is 3. The van der Waals surface area contributed by atoms with E-state index >= 15 is 0 Å². The molecule has 1 aromatic heterocycles. The van der Waals surface area contributed by atoms with Crippen LogP contribution in [0.3, 0.4) is 0 Å². The molecule has 1 aromatic carbocycles. The molecular weight excluding hydrogens is 300 g/mol. The second-order valence-corrected chi connectivity index (χ2v) is 4.95. The molecule has 0 spiro atoms. The molecule has 0 aliphatic heterocycles. The predicted octanol–water partition coefficient (Wildman–Crippen LogP) is 4.67. The van der Waals surface area contributed by atoms with Crippen molar-refractivity contribution >= 4 is 33.2 Å². The highest BCUT2D eigenvalue weighted by atomic mass is 79.9. The van der Waals surface area contributed by atoms with Crippen LogP contribution in [0, 0.1) is 0 Å². The van der Waals surface area contributed by atoms with E-state index in [0.29, 0.717) is 5.02 Å². The molecule has 1 unspecified atom stereocenters. The zero-order chi connectivity index (χ0) is 12.3. The van der Waals surface area contributed by atoms with Crippen molar-refractivity contribution in [1.29, 1.82) is 0 Å². The average Bonchev–Trinajstić information content (AvgIpc) is 2.36. The molecule has 17 heavy (non-hydrogen) atoms. The Bertz CT molecular complexity index is 502. The van der Waals surface area contributed by atoms with Crippen molar-refractivity contribution in [3.05, 3.63) is 57.8 Å². The summed E-state index contributed by atoms with van der Waals surface area (Å²) in [6.07, 6.45) is 3.58. The Morgan fingerprint density at radius 2 is 1.94 bits per heavy atom. The molecule has 0 saturated heterocycles. The van der Waals surface area contributed by atoms with Crippen molar-refractivity contribution in [2.75, 3.05) is 5.32 Å². The van der Waals surface area contributed by atoms with E-state index < -0.39 is 0 Å². The lowest BCUT2D eigenvalue weighted by atomic mass is 10.1. The van der Waals surface area contributed by atoms with Gasteiger partial charge in [0.2, 0.25) is 0 Å². The van der Waals surface area contributed by atoms with Gasteiger partial charge in [0.25, 0.3) is 0 Å². The van der Waals surface area contributed by atoms with E-state index in [0.717, 1.165) is 10.2 Å². The number of hydrogen-bond acceptors (Lipinski definition) is 2. The minimum absolute atomic E-state index is 0.202. The molecule has 1 atom stereocenters. The summed E-state index contributed by atoms with van der Waals surface area (Å²) in [5.74, 6) is 0. The Balaban J connectivity index is 2.19. The largest absolute Gasteiger partial charge is 0.378 e. The van der Waals surface area contributed by atoms with E-state index in [4.69, 9.17) is 11.6 Å². The SMILES string of the molecule is CC(Nc1cccc(Cl)c1Br)c1ccncc1. The smallest absolute Gasteiger partial charge is 0.0593 e. The van der Waals surface area contributed by atoms with Crippen molar-refractivity contribution in [2.45, 2.75) is 13.0 Å². The molecule has 0 fully saturated rings. The zero-order valence-electron chi connectivity index (χ0n) is 9.32. The molecule has 0 aliphatic carbocycles. The van der Waals surface area contributed by atoms with Crippen molar-refractivity contribution in [3.63, 3.8) is 0 Å². The lowest BCUT2D eigenvalue weighted by molar-refractivity contribution is 0.879. The van der Waals surface area contributed by atoms with Crippen LogP contribution in [-0.4, -0.2) is 4.98 Å². The van der Waals surface area contributed by atoms with E-state index in [1.807, 2.05) is 30.3 Å². The summed E-state index contributed by atoms with van der Waals surface area (Å²) >= 11 is 9.52. The first-order chi connectivity index (χ1) is 8.18. The predicted molar refractivity (Wildman–Crippen MR) is 75.4 cm³/mol. The van der Waals surface area contributed by atoms with Crippen molar-refractivity contribution in [3.8, 4) is 0 Å². The minimum Gasteiger partial charge on any atom is -0.378 e. The fourth-order valence-electron chi connectivity index (χ4n) is 1.58. The topological polar surface area (TPSA) is 24.9 Å². The van der Waals surface area contributed by atoms with Crippen LogP contribution in [0.1, 0.15) is 18.5 Å². The van der Waals surface area contributed by atoms with Crippen LogP contribution < -0.4 is 5.32 Å². The van der Waals surface area contributed by atoms with Gasteiger partial charge >= 0.3 is 0 Å². The Hall–Kier alpha value is -1.06. The van der Waals surface area contributed by atoms with Gasteiger partial charge in [-0.1, -0.05) is 17.7 Å².